The van der Waals surface area contributed by atoms with Crippen LogP contribution < -0.4 is 0 Å². The molecule has 112 valence electrons. The van der Waals surface area contributed by atoms with Crippen LogP contribution in [0.4, 0.5) is 4.39 Å². The van der Waals surface area contributed by atoms with Gasteiger partial charge in [0.1, 0.15) is 5.73 Å². The fraction of sp³-hybridized carbons (Fsp3) is 0.529. The van der Waals surface area contributed by atoms with Crippen LogP contribution in [0.5, 0.6) is 0 Å². The van der Waals surface area contributed by atoms with E-state index in [-0.39, 0.29) is 5.73 Å². The standard InChI is InChI=1S/C17H22BFO2/c1-16(2)17(3,4)21-18(20-16)15(19)14-10-9-12-7-5-6-8-13(12)11-14/h5-8H,9-11H2,1-4H3. The van der Waals surface area contributed by atoms with E-state index in [9.17, 15) is 4.39 Å². The van der Waals surface area contributed by atoms with E-state index >= 15 is 0 Å². The Balaban J connectivity index is 1.85. The number of fused-ring (bicyclic) bond motifs is 1. The van der Waals surface area contributed by atoms with Crippen molar-refractivity contribution in [1.29, 1.82) is 0 Å². The molecule has 0 bridgehead atoms. The fourth-order valence-corrected chi connectivity index (χ4v) is 2.89. The Morgan fingerprint density at radius 3 is 2.19 bits per heavy atom. The first-order valence-electron chi connectivity index (χ1n) is 7.60. The summed E-state index contributed by atoms with van der Waals surface area (Å²) in [5, 5.41) is 0. The Hall–Kier alpha value is -1.13. The van der Waals surface area contributed by atoms with Gasteiger partial charge in [-0.3, -0.25) is 0 Å². The van der Waals surface area contributed by atoms with Crippen LogP contribution in [0.1, 0.15) is 45.2 Å². The van der Waals surface area contributed by atoms with E-state index in [1.807, 2.05) is 39.8 Å². The van der Waals surface area contributed by atoms with E-state index in [4.69, 9.17) is 9.31 Å². The molecule has 1 aromatic carbocycles. The van der Waals surface area contributed by atoms with Gasteiger partial charge in [0, 0.05) is 0 Å². The third kappa shape index (κ3) is 2.55. The summed E-state index contributed by atoms with van der Waals surface area (Å²) < 4.78 is 26.4. The molecule has 0 saturated carbocycles. The molecule has 0 N–H and O–H groups in total. The lowest BCUT2D eigenvalue weighted by Gasteiger charge is -2.32. The molecule has 1 aliphatic heterocycles. The summed E-state index contributed by atoms with van der Waals surface area (Å²) in [6.45, 7) is 7.78. The van der Waals surface area contributed by atoms with Crippen LogP contribution in [0, 0.1) is 0 Å². The number of hydrogen-bond donors (Lipinski definition) is 0. The van der Waals surface area contributed by atoms with Gasteiger partial charge in [0.05, 0.1) is 11.2 Å². The molecule has 3 rings (SSSR count). The van der Waals surface area contributed by atoms with Crippen LogP contribution in [-0.2, 0) is 22.2 Å². The van der Waals surface area contributed by atoms with Crippen molar-refractivity contribution in [2.45, 2.75) is 58.2 Å². The second-order valence-electron chi connectivity index (χ2n) is 6.99. The van der Waals surface area contributed by atoms with Crippen LogP contribution in [0.2, 0.25) is 0 Å². The van der Waals surface area contributed by atoms with E-state index in [0.717, 1.165) is 18.4 Å². The van der Waals surface area contributed by atoms with Gasteiger partial charge in [0.2, 0.25) is 0 Å². The Bertz CT molecular complexity index is 576. The Morgan fingerprint density at radius 2 is 1.57 bits per heavy atom. The molecular weight excluding hydrogens is 266 g/mol. The molecule has 1 fully saturated rings. The predicted molar refractivity (Wildman–Crippen MR) is 82.7 cm³/mol. The Labute approximate surface area is 126 Å². The maximum Gasteiger partial charge on any atom is 0.525 e. The maximum absolute atomic E-state index is 14.8. The van der Waals surface area contributed by atoms with E-state index in [0.29, 0.717) is 6.42 Å². The number of aryl methyl sites for hydroxylation is 1. The Morgan fingerprint density at radius 1 is 1.00 bits per heavy atom. The Kier molecular flexibility index (Phi) is 3.49. The van der Waals surface area contributed by atoms with Gasteiger partial charge in [0.15, 0.2) is 0 Å². The minimum atomic E-state index is -0.865. The molecule has 1 saturated heterocycles. The van der Waals surface area contributed by atoms with E-state index < -0.39 is 18.3 Å². The summed E-state index contributed by atoms with van der Waals surface area (Å²) in [4.78, 5) is 0. The summed E-state index contributed by atoms with van der Waals surface area (Å²) >= 11 is 0. The summed E-state index contributed by atoms with van der Waals surface area (Å²) in [5.41, 5.74) is 2.12. The van der Waals surface area contributed by atoms with Gasteiger partial charge in [-0.05, 0) is 63.7 Å². The largest absolute Gasteiger partial charge is 0.525 e. The molecule has 0 radical (unpaired) electrons. The molecule has 0 unspecified atom stereocenters. The number of rotatable bonds is 1. The zero-order chi connectivity index (χ0) is 15.3. The number of benzene rings is 1. The van der Waals surface area contributed by atoms with Gasteiger partial charge in [-0.1, -0.05) is 24.3 Å². The first-order chi connectivity index (χ1) is 9.80. The van der Waals surface area contributed by atoms with Crippen molar-refractivity contribution in [2.75, 3.05) is 0 Å². The minimum Gasteiger partial charge on any atom is -0.398 e. The number of hydrogen-bond acceptors (Lipinski definition) is 2. The van der Waals surface area contributed by atoms with Gasteiger partial charge in [0.25, 0.3) is 0 Å². The van der Waals surface area contributed by atoms with Crippen molar-refractivity contribution in [3.8, 4) is 0 Å². The normalized spacial score (nSPS) is 25.7. The van der Waals surface area contributed by atoms with Crippen molar-refractivity contribution < 1.29 is 13.7 Å². The smallest absolute Gasteiger partial charge is 0.398 e. The van der Waals surface area contributed by atoms with Crippen molar-refractivity contribution in [3.63, 3.8) is 0 Å². The number of allylic oxidation sites excluding steroid dienone is 1. The zero-order valence-corrected chi connectivity index (χ0v) is 13.2. The van der Waals surface area contributed by atoms with Gasteiger partial charge >= 0.3 is 7.12 Å². The van der Waals surface area contributed by atoms with Gasteiger partial charge in [-0.2, -0.15) is 0 Å². The van der Waals surface area contributed by atoms with Gasteiger partial charge in [-0.15, -0.1) is 0 Å². The topological polar surface area (TPSA) is 18.5 Å². The molecule has 0 aromatic heterocycles. The summed E-state index contributed by atoms with van der Waals surface area (Å²) in [7, 11) is -0.865. The molecule has 21 heavy (non-hydrogen) atoms. The van der Waals surface area contributed by atoms with Crippen molar-refractivity contribution in [1.82, 2.24) is 0 Å². The monoisotopic (exact) mass is 288 g/mol. The molecular formula is C17H22BFO2. The summed E-state index contributed by atoms with van der Waals surface area (Å²) in [6.07, 6.45) is 2.29. The van der Waals surface area contributed by atoms with E-state index in [1.165, 1.54) is 11.1 Å². The SMILES string of the molecule is CC1(C)OB(C(F)=C2CCc3ccccc3C2)OC1(C)C. The van der Waals surface area contributed by atoms with Gasteiger partial charge in [-0.25, -0.2) is 4.39 Å². The highest BCUT2D eigenvalue weighted by Crippen LogP contribution is 2.40. The van der Waals surface area contributed by atoms with E-state index in [1.54, 1.807) is 0 Å². The lowest BCUT2D eigenvalue weighted by atomic mass is 9.78. The highest BCUT2D eigenvalue weighted by Gasteiger charge is 2.53. The third-order valence-electron chi connectivity index (χ3n) is 5.02. The molecule has 2 aliphatic rings. The van der Waals surface area contributed by atoms with Crippen molar-refractivity contribution in [3.05, 3.63) is 46.7 Å². The molecule has 1 heterocycles. The molecule has 0 spiro atoms. The summed E-state index contributed by atoms with van der Waals surface area (Å²) in [6, 6.07) is 8.25. The lowest BCUT2D eigenvalue weighted by molar-refractivity contribution is 0.00578. The molecule has 0 atom stereocenters. The van der Waals surface area contributed by atoms with Gasteiger partial charge < -0.3 is 9.31 Å². The molecule has 1 aromatic rings. The van der Waals surface area contributed by atoms with Crippen molar-refractivity contribution >= 4 is 7.12 Å². The molecule has 4 heteroatoms. The fourth-order valence-electron chi connectivity index (χ4n) is 2.89. The van der Waals surface area contributed by atoms with Crippen LogP contribution in [0.3, 0.4) is 0 Å². The predicted octanol–water partition coefficient (Wildman–Crippen LogP) is 4.03. The van der Waals surface area contributed by atoms with E-state index in [2.05, 4.69) is 12.1 Å². The zero-order valence-electron chi connectivity index (χ0n) is 13.2. The third-order valence-corrected chi connectivity index (χ3v) is 5.02. The maximum atomic E-state index is 14.8. The lowest BCUT2D eigenvalue weighted by Crippen LogP contribution is -2.41. The van der Waals surface area contributed by atoms with Crippen molar-refractivity contribution in [2.24, 2.45) is 0 Å². The minimum absolute atomic E-state index is 0.233. The van der Waals surface area contributed by atoms with Crippen LogP contribution in [0.25, 0.3) is 0 Å². The second kappa shape index (κ2) is 4.96. The highest BCUT2D eigenvalue weighted by atomic mass is 19.1. The van der Waals surface area contributed by atoms with Crippen LogP contribution >= 0.6 is 0 Å². The molecule has 0 amide bonds. The second-order valence-corrected chi connectivity index (χ2v) is 6.99. The first-order valence-corrected chi connectivity index (χ1v) is 7.60. The number of halogens is 1. The first kappa shape index (κ1) is 14.8. The van der Waals surface area contributed by atoms with Crippen LogP contribution in [0.15, 0.2) is 35.6 Å². The molecule has 2 nitrogen and oxygen atoms in total. The van der Waals surface area contributed by atoms with Crippen LogP contribution in [-0.4, -0.2) is 18.3 Å². The average Bonchev–Trinajstić information content (AvgIpc) is 2.66. The molecule has 1 aliphatic carbocycles. The summed E-state index contributed by atoms with van der Waals surface area (Å²) in [5.74, 6) is 0. The quantitative estimate of drug-likeness (QED) is 0.726. The average molecular weight is 288 g/mol. The highest BCUT2D eigenvalue weighted by molar-refractivity contribution is 6.53.